The van der Waals surface area contributed by atoms with Gasteiger partial charge in [-0.25, -0.2) is 9.97 Å². The largest absolute Gasteiger partial charge is 0.353 e. The fourth-order valence-corrected chi connectivity index (χ4v) is 3.87. The molecule has 3 aromatic carbocycles. The van der Waals surface area contributed by atoms with Crippen LogP contribution in [0, 0.1) is 10.1 Å². The van der Waals surface area contributed by atoms with Crippen molar-refractivity contribution in [3.05, 3.63) is 118 Å². The fraction of sp³-hybridized carbons (Fsp3) is 0.214. The van der Waals surface area contributed by atoms with Crippen LogP contribution in [0.3, 0.4) is 0 Å². The van der Waals surface area contributed by atoms with Crippen LogP contribution >= 0.6 is 0 Å². The van der Waals surface area contributed by atoms with Crippen LogP contribution in [0.2, 0.25) is 0 Å². The molecule has 0 atom stereocenters. The molecule has 7 heteroatoms. The van der Waals surface area contributed by atoms with Gasteiger partial charge in [0.15, 0.2) is 0 Å². The van der Waals surface area contributed by atoms with Gasteiger partial charge in [0.2, 0.25) is 11.6 Å². The molecular formula is C28H29N5O2. The number of hydrogen-bond donors (Lipinski definition) is 1. The van der Waals surface area contributed by atoms with Gasteiger partial charge in [-0.2, -0.15) is 0 Å². The monoisotopic (exact) mass is 467 g/mol. The van der Waals surface area contributed by atoms with Crippen molar-refractivity contribution in [3.8, 4) is 0 Å². The summed E-state index contributed by atoms with van der Waals surface area (Å²) in [6.07, 6.45) is 1.38. The number of benzene rings is 3. The second-order valence-corrected chi connectivity index (χ2v) is 9.43. The lowest BCUT2D eigenvalue weighted by Gasteiger charge is -2.24. The normalized spacial score (nSPS) is 11.2. The molecule has 0 spiro atoms. The SMILES string of the molecule is CC(C)(C)c1cccc(Nc2ncnc(N(Cc3ccccc3)Cc3ccccc3)c2[N+](=O)[O-])c1. The van der Waals surface area contributed by atoms with Gasteiger partial charge in [-0.15, -0.1) is 0 Å². The van der Waals surface area contributed by atoms with Crippen molar-refractivity contribution in [2.45, 2.75) is 39.3 Å². The van der Waals surface area contributed by atoms with Crippen molar-refractivity contribution >= 4 is 23.0 Å². The molecule has 0 unspecified atom stereocenters. The molecule has 1 aromatic heterocycles. The van der Waals surface area contributed by atoms with Gasteiger partial charge in [-0.1, -0.05) is 93.6 Å². The average molecular weight is 468 g/mol. The third-order valence-corrected chi connectivity index (χ3v) is 5.71. The summed E-state index contributed by atoms with van der Waals surface area (Å²) in [5.74, 6) is 0.435. The molecule has 0 aliphatic heterocycles. The molecule has 0 saturated heterocycles. The molecule has 4 rings (SSSR count). The first-order valence-corrected chi connectivity index (χ1v) is 11.5. The lowest BCUT2D eigenvalue weighted by molar-refractivity contribution is -0.383. The summed E-state index contributed by atoms with van der Waals surface area (Å²) >= 11 is 0. The van der Waals surface area contributed by atoms with Crippen molar-refractivity contribution in [2.24, 2.45) is 0 Å². The van der Waals surface area contributed by atoms with Crippen LogP contribution in [0.4, 0.5) is 23.0 Å². The van der Waals surface area contributed by atoms with Crippen LogP contribution in [0.1, 0.15) is 37.5 Å². The Hall–Kier alpha value is -4.26. The summed E-state index contributed by atoms with van der Waals surface area (Å²) in [7, 11) is 0. The van der Waals surface area contributed by atoms with Crippen molar-refractivity contribution in [1.82, 2.24) is 9.97 Å². The number of anilines is 3. The van der Waals surface area contributed by atoms with Crippen molar-refractivity contribution in [1.29, 1.82) is 0 Å². The van der Waals surface area contributed by atoms with Gasteiger partial charge < -0.3 is 10.2 Å². The minimum atomic E-state index is -0.408. The van der Waals surface area contributed by atoms with Crippen molar-refractivity contribution in [2.75, 3.05) is 10.2 Å². The summed E-state index contributed by atoms with van der Waals surface area (Å²) in [6, 6.07) is 27.6. The zero-order chi connectivity index (χ0) is 24.8. The first kappa shape index (κ1) is 23.9. The zero-order valence-corrected chi connectivity index (χ0v) is 20.2. The molecule has 4 aromatic rings. The molecule has 0 saturated carbocycles. The van der Waals surface area contributed by atoms with E-state index in [0.29, 0.717) is 13.1 Å². The molecule has 0 fully saturated rings. The molecule has 0 aliphatic rings. The number of aromatic nitrogens is 2. The average Bonchev–Trinajstić information content (AvgIpc) is 2.84. The second kappa shape index (κ2) is 10.3. The van der Waals surface area contributed by atoms with Gasteiger partial charge >= 0.3 is 5.69 Å². The summed E-state index contributed by atoms with van der Waals surface area (Å²) in [5, 5.41) is 15.5. The molecule has 178 valence electrons. The van der Waals surface area contributed by atoms with E-state index in [9.17, 15) is 10.1 Å². The Morgan fingerprint density at radius 2 is 1.46 bits per heavy atom. The highest BCUT2D eigenvalue weighted by atomic mass is 16.6. The van der Waals surface area contributed by atoms with Crippen LogP contribution in [0.5, 0.6) is 0 Å². The lowest BCUT2D eigenvalue weighted by Crippen LogP contribution is -2.24. The van der Waals surface area contributed by atoms with Crippen LogP contribution in [0.15, 0.2) is 91.3 Å². The van der Waals surface area contributed by atoms with Crippen LogP contribution in [-0.2, 0) is 18.5 Å². The van der Waals surface area contributed by atoms with Crippen molar-refractivity contribution in [3.63, 3.8) is 0 Å². The molecule has 0 amide bonds. The highest BCUT2D eigenvalue weighted by Gasteiger charge is 2.28. The topological polar surface area (TPSA) is 84.2 Å². The van der Waals surface area contributed by atoms with Gasteiger partial charge in [-0.3, -0.25) is 10.1 Å². The zero-order valence-electron chi connectivity index (χ0n) is 20.2. The summed E-state index contributed by atoms with van der Waals surface area (Å²) in [5.41, 5.74) is 3.72. The predicted molar refractivity (Wildman–Crippen MR) is 140 cm³/mol. The Bertz CT molecular complexity index is 1250. The standard InChI is InChI=1S/C28H29N5O2/c1-28(2,3)23-15-10-16-24(17-23)31-26-25(33(34)35)27(30-20-29-26)32(18-21-11-6-4-7-12-21)19-22-13-8-5-9-14-22/h4-17,20H,18-19H2,1-3H3,(H,29,30,31). The molecule has 0 aliphatic carbocycles. The number of nitrogens with zero attached hydrogens (tertiary/aromatic N) is 4. The minimum Gasteiger partial charge on any atom is -0.342 e. The summed E-state index contributed by atoms with van der Waals surface area (Å²) in [6.45, 7) is 7.31. The highest BCUT2D eigenvalue weighted by Crippen LogP contribution is 2.35. The third-order valence-electron chi connectivity index (χ3n) is 5.71. The summed E-state index contributed by atoms with van der Waals surface area (Å²) < 4.78 is 0. The maximum atomic E-state index is 12.3. The first-order valence-electron chi connectivity index (χ1n) is 11.5. The van der Waals surface area contributed by atoms with E-state index in [1.165, 1.54) is 6.33 Å². The molecule has 35 heavy (non-hydrogen) atoms. The quantitative estimate of drug-likeness (QED) is 0.231. The lowest BCUT2D eigenvalue weighted by atomic mass is 9.87. The highest BCUT2D eigenvalue weighted by molar-refractivity contribution is 5.74. The number of rotatable bonds is 8. The smallest absolute Gasteiger partial charge is 0.342 e. The Morgan fingerprint density at radius 3 is 2.00 bits per heavy atom. The number of nitro groups is 1. The number of nitrogens with one attached hydrogen (secondary N) is 1. The van der Waals surface area contributed by atoms with Gasteiger partial charge in [0.1, 0.15) is 6.33 Å². The second-order valence-electron chi connectivity index (χ2n) is 9.43. The Morgan fingerprint density at radius 1 is 0.857 bits per heavy atom. The van der Waals surface area contributed by atoms with Crippen LogP contribution in [-0.4, -0.2) is 14.9 Å². The molecule has 0 radical (unpaired) electrons. The van der Waals surface area contributed by atoms with E-state index < -0.39 is 4.92 Å². The molecule has 0 bridgehead atoms. The third kappa shape index (κ3) is 6.00. The van der Waals surface area contributed by atoms with E-state index in [0.717, 1.165) is 22.4 Å². The fourth-order valence-electron chi connectivity index (χ4n) is 3.87. The van der Waals surface area contributed by atoms with E-state index in [-0.39, 0.29) is 22.7 Å². The van der Waals surface area contributed by atoms with Crippen molar-refractivity contribution < 1.29 is 4.92 Å². The van der Waals surface area contributed by atoms with E-state index in [1.54, 1.807) is 0 Å². The molecule has 1 N–H and O–H groups in total. The molecule has 7 nitrogen and oxygen atoms in total. The van der Waals surface area contributed by atoms with Crippen LogP contribution < -0.4 is 10.2 Å². The van der Waals surface area contributed by atoms with E-state index in [4.69, 9.17) is 0 Å². The number of hydrogen-bond acceptors (Lipinski definition) is 6. The van der Waals surface area contributed by atoms with Crippen LogP contribution in [0.25, 0.3) is 0 Å². The maximum absolute atomic E-state index is 12.3. The Labute approximate surface area is 205 Å². The Kier molecular flexibility index (Phi) is 7.06. The maximum Gasteiger partial charge on any atom is 0.353 e. The van der Waals surface area contributed by atoms with E-state index in [1.807, 2.05) is 89.8 Å². The van der Waals surface area contributed by atoms with E-state index >= 15 is 0 Å². The van der Waals surface area contributed by atoms with Gasteiger partial charge in [0.25, 0.3) is 0 Å². The Balaban J connectivity index is 1.75. The van der Waals surface area contributed by atoms with Gasteiger partial charge in [-0.05, 0) is 34.2 Å². The summed E-state index contributed by atoms with van der Waals surface area (Å²) in [4.78, 5) is 22.5. The minimum absolute atomic E-state index is 0.0530. The van der Waals surface area contributed by atoms with Gasteiger partial charge in [0.05, 0.1) is 4.92 Å². The predicted octanol–water partition coefficient (Wildman–Crippen LogP) is 6.63. The van der Waals surface area contributed by atoms with E-state index in [2.05, 4.69) is 36.1 Å². The molecular weight excluding hydrogens is 438 g/mol. The van der Waals surface area contributed by atoms with Gasteiger partial charge in [0, 0.05) is 18.8 Å². The first-order chi connectivity index (χ1) is 16.8. The molecule has 1 heterocycles.